The monoisotopic (exact) mass is 320 g/mol. The number of fused-ring (bicyclic) bond motifs is 2. The Morgan fingerprint density at radius 2 is 2.17 bits per heavy atom. The van der Waals surface area contributed by atoms with E-state index in [1.54, 1.807) is 10.9 Å². The Labute approximate surface area is 137 Å². The second-order valence-electron chi connectivity index (χ2n) is 5.77. The standard InChI is InChI=1S/C17H16N6O/c1-10-15-16(20-21-17(15)23(2)22-10)19-14(24)8-11-7-12-5-3-4-6-13(12)18-9-11/h3-7,9H,8H2,1-2H3,(H2,19,20,21,24). The third kappa shape index (κ3) is 2.40. The molecule has 0 saturated heterocycles. The second-order valence-corrected chi connectivity index (χ2v) is 5.77. The molecule has 0 aliphatic rings. The van der Waals surface area contributed by atoms with Gasteiger partial charge in [-0.2, -0.15) is 10.2 Å². The molecule has 7 heteroatoms. The highest BCUT2D eigenvalue weighted by atomic mass is 16.1. The number of nitrogens with one attached hydrogen (secondary N) is 2. The van der Waals surface area contributed by atoms with Crippen LogP contribution in [0.4, 0.5) is 5.82 Å². The highest BCUT2D eigenvalue weighted by molar-refractivity contribution is 6.00. The maximum atomic E-state index is 12.4. The van der Waals surface area contributed by atoms with E-state index in [0.29, 0.717) is 5.82 Å². The van der Waals surface area contributed by atoms with Crippen LogP contribution in [-0.4, -0.2) is 30.9 Å². The number of H-pyrrole nitrogens is 1. The predicted molar refractivity (Wildman–Crippen MR) is 91.7 cm³/mol. The van der Waals surface area contributed by atoms with Crippen molar-refractivity contribution in [1.29, 1.82) is 0 Å². The number of carbonyl (C=O) groups is 1. The number of hydrogen-bond donors (Lipinski definition) is 2. The third-order valence-electron chi connectivity index (χ3n) is 3.99. The van der Waals surface area contributed by atoms with Gasteiger partial charge in [0.2, 0.25) is 5.91 Å². The van der Waals surface area contributed by atoms with Crippen molar-refractivity contribution >= 4 is 33.7 Å². The number of anilines is 1. The van der Waals surface area contributed by atoms with Gasteiger partial charge in [-0.3, -0.25) is 14.9 Å². The summed E-state index contributed by atoms with van der Waals surface area (Å²) >= 11 is 0. The maximum absolute atomic E-state index is 12.4. The second kappa shape index (κ2) is 5.45. The number of nitrogens with zero attached hydrogens (tertiary/aromatic N) is 4. The molecule has 2 N–H and O–H groups in total. The SMILES string of the molecule is Cc1nn(C)c2n[nH]c(NC(=O)Cc3cnc4ccccc4c3)c12. The minimum Gasteiger partial charge on any atom is -0.310 e. The van der Waals surface area contributed by atoms with Crippen LogP contribution >= 0.6 is 0 Å². The van der Waals surface area contributed by atoms with Gasteiger partial charge in [-0.05, 0) is 24.6 Å². The molecule has 3 aromatic heterocycles. The molecule has 0 bridgehead atoms. The van der Waals surface area contributed by atoms with Crippen LogP contribution in [-0.2, 0) is 18.3 Å². The molecule has 0 radical (unpaired) electrons. The number of carbonyl (C=O) groups excluding carboxylic acids is 1. The zero-order valence-electron chi connectivity index (χ0n) is 13.4. The van der Waals surface area contributed by atoms with Gasteiger partial charge >= 0.3 is 0 Å². The van der Waals surface area contributed by atoms with Crippen LogP contribution in [0, 0.1) is 6.92 Å². The lowest BCUT2D eigenvalue weighted by Crippen LogP contribution is -2.15. The van der Waals surface area contributed by atoms with Gasteiger partial charge in [-0.1, -0.05) is 18.2 Å². The van der Waals surface area contributed by atoms with Crippen LogP contribution in [0.25, 0.3) is 21.9 Å². The summed E-state index contributed by atoms with van der Waals surface area (Å²) in [5.74, 6) is 0.454. The van der Waals surface area contributed by atoms with Crippen molar-refractivity contribution in [3.8, 4) is 0 Å². The molecule has 1 amide bonds. The predicted octanol–water partition coefficient (Wildman–Crippen LogP) is 2.33. The summed E-state index contributed by atoms with van der Waals surface area (Å²) in [6.07, 6.45) is 1.98. The molecule has 1 aromatic carbocycles. The smallest absolute Gasteiger partial charge is 0.230 e. The molecular formula is C17H16N6O. The van der Waals surface area contributed by atoms with E-state index in [4.69, 9.17) is 0 Å². The zero-order chi connectivity index (χ0) is 16.7. The Balaban J connectivity index is 1.57. The number of aromatic nitrogens is 5. The lowest BCUT2D eigenvalue weighted by molar-refractivity contribution is -0.115. The van der Waals surface area contributed by atoms with E-state index in [1.165, 1.54) is 0 Å². The van der Waals surface area contributed by atoms with E-state index < -0.39 is 0 Å². The number of benzene rings is 1. The lowest BCUT2D eigenvalue weighted by atomic mass is 10.1. The van der Waals surface area contributed by atoms with Crippen molar-refractivity contribution in [2.24, 2.45) is 7.05 Å². The van der Waals surface area contributed by atoms with Crippen molar-refractivity contribution in [2.45, 2.75) is 13.3 Å². The van der Waals surface area contributed by atoms with Crippen molar-refractivity contribution in [3.05, 3.63) is 47.8 Å². The highest BCUT2D eigenvalue weighted by Crippen LogP contribution is 2.23. The molecule has 24 heavy (non-hydrogen) atoms. The van der Waals surface area contributed by atoms with Crippen molar-refractivity contribution < 1.29 is 4.79 Å². The molecule has 0 fully saturated rings. The number of aryl methyl sites for hydroxylation is 2. The first-order chi connectivity index (χ1) is 11.6. The number of para-hydroxylation sites is 1. The molecule has 7 nitrogen and oxygen atoms in total. The Kier molecular flexibility index (Phi) is 3.26. The Morgan fingerprint density at radius 3 is 3.04 bits per heavy atom. The fourth-order valence-electron chi connectivity index (χ4n) is 2.90. The Bertz CT molecular complexity index is 1060. The van der Waals surface area contributed by atoms with E-state index in [0.717, 1.165) is 33.2 Å². The summed E-state index contributed by atoms with van der Waals surface area (Å²) in [6, 6.07) is 9.83. The molecule has 3 heterocycles. The topological polar surface area (TPSA) is 88.5 Å². The van der Waals surface area contributed by atoms with Gasteiger partial charge in [0.1, 0.15) is 5.82 Å². The molecule has 0 aliphatic heterocycles. The van der Waals surface area contributed by atoms with Gasteiger partial charge in [0.25, 0.3) is 0 Å². The Hall–Kier alpha value is -3.22. The molecule has 0 aliphatic carbocycles. The van der Waals surface area contributed by atoms with Gasteiger partial charge in [0.15, 0.2) is 5.65 Å². The van der Waals surface area contributed by atoms with Crippen LogP contribution in [0.15, 0.2) is 36.5 Å². The molecule has 4 rings (SSSR count). The van der Waals surface area contributed by atoms with E-state index in [9.17, 15) is 4.79 Å². The Morgan fingerprint density at radius 1 is 1.33 bits per heavy atom. The largest absolute Gasteiger partial charge is 0.310 e. The normalized spacial score (nSPS) is 11.2. The first kappa shape index (κ1) is 14.4. The van der Waals surface area contributed by atoms with Crippen LogP contribution in [0.5, 0.6) is 0 Å². The molecule has 0 saturated carbocycles. The van der Waals surface area contributed by atoms with E-state index in [1.807, 2.05) is 44.3 Å². The summed E-state index contributed by atoms with van der Waals surface area (Å²) in [5, 5.41) is 16.1. The summed E-state index contributed by atoms with van der Waals surface area (Å²) in [7, 11) is 1.82. The van der Waals surface area contributed by atoms with Crippen molar-refractivity contribution in [1.82, 2.24) is 25.0 Å². The minimum atomic E-state index is -0.124. The number of aromatic amines is 1. The van der Waals surface area contributed by atoms with Crippen LogP contribution in [0.1, 0.15) is 11.3 Å². The molecule has 0 spiro atoms. The van der Waals surface area contributed by atoms with Crippen molar-refractivity contribution in [2.75, 3.05) is 5.32 Å². The molecule has 4 aromatic rings. The fourth-order valence-corrected chi connectivity index (χ4v) is 2.90. The third-order valence-corrected chi connectivity index (χ3v) is 3.99. The molecular weight excluding hydrogens is 304 g/mol. The average Bonchev–Trinajstić information content (AvgIpc) is 3.10. The summed E-state index contributed by atoms with van der Waals surface area (Å²) in [4.78, 5) is 16.7. The molecule has 0 atom stereocenters. The lowest BCUT2D eigenvalue weighted by Gasteiger charge is -2.04. The fraction of sp³-hybridized carbons (Fsp3) is 0.176. The first-order valence-electron chi connectivity index (χ1n) is 7.63. The number of amides is 1. The van der Waals surface area contributed by atoms with Crippen LogP contribution in [0.2, 0.25) is 0 Å². The summed E-state index contributed by atoms with van der Waals surface area (Å²) in [5.41, 5.74) is 3.33. The van der Waals surface area contributed by atoms with E-state index in [-0.39, 0.29) is 12.3 Å². The minimum absolute atomic E-state index is 0.124. The maximum Gasteiger partial charge on any atom is 0.230 e. The number of rotatable bonds is 3. The van der Waals surface area contributed by atoms with Crippen LogP contribution < -0.4 is 5.32 Å². The quantitative estimate of drug-likeness (QED) is 0.606. The summed E-state index contributed by atoms with van der Waals surface area (Å²) in [6.45, 7) is 1.89. The number of pyridine rings is 1. The molecule has 120 valence electrons. The zero-order valence-corrected chi connectivity index (χ0v) is 13.4. The van der Waals surface area contributed by atoms with Crippen molar-refractivity contribution in [3.63, 3.8) is 0 Å². The average molecular weight is 320 g/mol. The van der Waals surface area contributed by atoms with Gasteiger partial charge in [0.05, 0.1) is 23.0 Å². The van der Waals surface area contributed by atoms with E-state index >= 15 is 0 Å². The first-order valence-corrected chi connectivity index (χ1v) is 7.63. The highest BCUT2D eigenvalue weighted by Gasteiger charge is 2.15. The number of hydrogen-bond acceptors (Lipinski definition) is 4. The van der Waals surface area contributed by atoms with E-state index in [2.05, 4.69) is 25.6 Å². The van der Waals surface area contributed by atoms with Crippen LogP contribution in [0.3, 0.4) is 0 Å². The van der Waals surface area contributed by atoms with Gasteiger partial charge in [-0.25, -0.2) is 4.68 Å². The van der Waals surface area contributed by atoms with Gasteiger partial charge in [0, 0.05) is 18.6 Å². The van der Waals surface area contributed by atoms with Gasteiger partial charge in [-0.15, -0.1) is 0 Å². The summed E-state index contributed by atoms with van der Waals surface area (Å²) < 4.78 is 1.68. The van der Waals surface area contributed by atoms with Gasteiger partial charge < -0.3 is 5.32 Å². The molecule has 0 unspecified atom stereocenters.